The van der Waals surface area contributed by atoms with Gasteiger partial charge in [-0.1, -0.05) is 37.6 Å². The highest BCUT2D eigenvalue weighted by Gasteiger charge is 2.46. The molecule has 0 N–H and O–H groups in total. The molecule has 1 aromatic heterocycles. The SMILES string of the molecule is CC(C)c1nnc2n1CCN(C(=O)[C@@H]1C[C@H]1c1cccc(Cl)c1)C2. The summed E-state index contributed by atoms with van der Waals surface area (Å²) in [6.45, 7) is 6.33. The lowest BCUT2D eigenvalue weighted by Gasteiger charge is -2.28. The minimum atomic E-state index is 0.0857. The van der Waals surface area contributed by atoms with E-state index >= 15 is 0 Å². The first-order chi connectivity index (χ1) is 11.5. The Kier molecular flexibility index (Phi) is 3.83. The summed E-state index contributed by atoms with van der Waals surface area (Å²) in [6.07, 6.45) is 0.916. The maximum Gasteiger partial charge on any atom is 0.226 e. The Hall–Kier alpha value is -1.88. The van der Waals surface area contributed by atoms with E-state index in [9.17, 15) is 4.79 Å². The molecule has 1 fully saturated rings. The van der Waals surface area contributed by atoms with Crippen molar-refractivity contribution < 1.29 is 4.79 Å². The van der Waals surface area contributed by atoms with Crippen LogP contribution >= 0.6 is 11.6 Å². The number of halogens is 1. The lowest BCUT2D eigenvalue weighted by molar-refractivity contribution is -0.134. The molecule has 1 saturated carbocycles. The molecule has 2 aromatic rings. The monoisotopic (exact) mass is 344 g/mol. The minimum absolute atomic E-state index is 0.0857. The lowest BCUT2D eigenvalue weighted by Crippen LogP contribution is -2.39. The van der Waals surface area contributed by atoms with Gasteiger partial charge in [0, 0.05) is 29.9 Å². The molecule has 0 bridgehead atoms. The highest BCUT2D eigenvalue weighted by Crippen LogP contribution is 2.49. The van der Waals surface area contributed by atoms with Crippen LogP contribution in [0.15, 0.2) is 24.3 Å². The fraction of sp³-hybridized carbons (Fsp3) is 0.500. The number of carbonyl (C=O) groups is 1. The molecule has 24 heavy (non-hydrogen) atoms. The maximum atomic E-state index is 12.8. The Morgan fingerprint density at radius 2 is 2.12 bits per heavy atom. The van der Waals surface area contributed by atoms with Gasteiger partial charge in [-0.15, -0.1) is 10.2 Å². The van der Waals surface area contributed by atoms with Crippen LogP contribution < -0.4 is 0 Å². The van der Waals surface area contributed by atoms with Crippen LogP contribution in [-0.4, -0.2) is 32.1 Å². The molecule has 4 rings (SSSR count). The molecule has 1 aliphatic carbocycles. The summed E-state index contributed by atoms with van der Waals surface area (Å²) in [7, 11) is 0. The molecule has 1 aliphatic heterocycles. The number of hydrogen-bond acceptors (Lipinski definition) is 3. The second-order valence-corrected chi connectivity index (χ2v) is 7.48. The smallest absolute Gasteiger partial charge is 0.226 e. The maximum absolute atomic E-state index is 12.8. The van der Waals surface area contributed by atoms with Gasteiger partial charge in [0.1, 0.15) is 5.82 Å². The Labute approximate surface area is 146 Å². The molecule has 0 radical (unpaired) electrons. The molecule has 2 heterocycles. The summed E-state index contributed by atoms with van der Waals surface area (Å²) in [5.74, 6) is 2.90. The van der Waals surface area contributed by atoms with Crippen molar-refractivity contribution in [1.82, 2.24) is 19.7 Å². The fourth-order valence-corrected chi connectivity index (χ4v) is 3.80. The predicted molar refractivity (Wildman–Crippen MR) is 91.8 cm³/mol. The molecular formula is C18H21ClN4O. The minimum Gasteiger partial charge on any atom is -0.333 e. The van der Waals surface area contributed by atoms with Gasteiger partial charge in [0.25, 0.3) is 0 Å². The highest BCUT2D eigenvalue weighted by molar-refractivity contribution is 6.30. The number of carbonyl (C=O) groups excluding carboxylic acids is 1. The van der Waals surface area contributed by atoms with Crippen molar-refractivity contribution in [3.05, 3.63) is 46.5 Å². The first kappa shape index (κ1) is 15.6. The highest BCUT2D eigenvalue weighted by atomic mass is 35.5. The number of hydrogen-bond donors (Lipinski definition) is 0. The van der Waals surface area contributed by atoms with E-state index in [2.05, 4.69) is 34.7 Å². The van der Waals surface area contributed by atoms with E-state index < -0.39 is 0 Å². The van der Waals surface area contributed by atoms with Gasteiger partial charge in [-0.25, -0.2) is 0 Å². The third kappa shape index (κ3) is 2.71. The van der Waals surface area contributed by atoms with Crippen molar-refractivity contribution in [1.29, 1.82) is 0 Å². The molecule has 0 saturated heterocycles. The number of nitrogens with zero attached hydrogens (tertiary/aromatic N) is 4. The molecule has 5 nitrogen and oxygen atoms in total. The summed E-state index contributed by atoms with van der Waals surface area (Å²) in [5, 5.41) is 9.30. The molecule has 6 heteroatoms. The van der Waals surface area contributed by atoms with Crippen LogP contribution in [-0.2, 0) is 17.9 Å². The molecule has 0 spiro atoms. The summed E-state index contributed by atoms with van der Waals surface area (Å²) in [5.41, 5.74) is 1.17. The van der Waals surface area contributed by atoms with Crippen LogP contribution in [0.5, 0.6) is 0 Å². The van der Waals surface area contributed by atoms with Crippen LogP contribution in [0.1, 0.15) is 49.3 Å². The van der Waals surface area contributed by atoms with Gasteiger partial charge in [0.05, 0.1) is 6.54 Å². The lowest BCUT2D eigenvalue weighted by atomic mass is 10.1. The van der Waals surface area contributed by atoms with Crippen LogP contribution in [0.2, 0.25) is 5.02 Å². The number of aromatic nitrogens is 3. The largest absolute Gasteiger partial charge is 0.333 e. The molecular weight excluding hydrogens is 324 g/mol. The number of fused-ring (bicyclic) bond motifs is 1. The standard InChI is InChI=1S/C18H21ClN4O/c1-11(2)17-21-20-16-10-22(6-7-23(16)17)18(24)15-9-14(15)12-4-3-5-13(19)8-12/h3-5,8,11,14-15H,6-7,9-10H2,1-2H3/t14-,15+/m0/s1. The summed E-state index contributed by atoms with van der Waals surface area (Å²) in [4.78, 5) is 14.7. The van der Waals surface area contributed by atoms with Crippen LogP contribution in [0.4, 0.5) is 0 Å². The topological polar surface area (TPSA) is 51.0 Å². The van der Waals surface area contributed by atoms with Crippen molar-refractivity contribution in [2.75, 3.05) is 6.54 Å². The molecule has 1 amide bonds. The Morgan fingerprint density at radius 1 is 1.29 bits per heavy atom. The van der Waals surface area contributed by atoms with Gasteiger partial charge in [-0.3, -0.25) is 4.79 Å². The molecule has 1 aromatic carbocycles. The van der Waals surface area contributed by atoms with Crippen molar-refractivity contribution in [2.45, 2.75) is 45.2 Å². The third-order valence-electron chi connectivity index (χ3n) is 4.99. The average molecular weight is 345 g/mol. The van der Waals surface area contributed by atoms with E-state index in [1.807, 2.05) is 23.1 Å². The number of rotatable bonds is 3. The first-order valence-corrected chi connectivity index (χ1v) is 8.88. The van der Waals surface area contributed by atoms with Crippen molar-refractivity contribution >= 4 is 17.5 Å². The Morgan fingerprint density at radius 3 is 2.88 bits per heavy atom. The zero-order valence-electron chi connectivity index (χ0n) is 13.9. The third-order valence-corrected chi connectivity index (χ3v) is 5.23. The van der Waals surface area contributed by atoms with Gasteiger partial charge in [0.2, 0.25) is 5.91 Å². The molecule has 2 aliphatic rings. The van der Waals surface area contributed by atoms with Gasteiger partial charge >= 0.3 is 0 Å². The van der Waals surface area contributed by atoms with Crippen LogP contribution in [0.25, 0.3) is 0 Å². The fourth-order valence-electron chi connectivity index (χ4n) is 3.60. The van der Waals surface area contributed by atoms with Crippen molar-refractivity contribution in [3.63, 3.8) is 0 Å². The van der Waals surface area contributed by atoms with Crippen LogP contribution in [0.3, 0.4) is 0 Å². The van der Waals surface area contributed by atoms with E-state index in [0.717, 1.165) is 36.2 Å². The average Bonchev–Trinajstić information content (AvgIpc) is 3.25. The van der Waals surface area contributed by atoms with E-state index in [1.54, 1.807) is 0 Å². The quantitative estimate of drug-likeness (QED) is 0.859. The van der Waals surface area contributed by atoms with Gasteiger partial charge < -0.3 is 9.47 Å². The zero-order chi connectivity index (χ0) is 16.8. The Balaban J connectivity index is 1.45. The second kappa shape index (κ2) is 5.88. The second-order valence-electron chi connectivity index (χ2n) is 7.04. The van der Waals surface area contributed by atoms with Crippen molar-refractivity contribution in [2.24, 2.45) is 5.92 Å². The molecule has 0 unspecified atom stereocenters. The number of amides is 1. The normalized spacial score (nSPS) is 22.6. The number of benzene rings is 1. The first-order valence-electron chi connectivity index (χ1n) is 8.51. The summed E-state index contributed by atoms with van der Waals surface area (Å²) in [6, 6.07) is 7.86. The van der Waals surface area contributed by atoms with Crippen LogP contribution in [0, 0.1) is 5.92 Å². The predicted octanol–water partition coefficient (Wildman–Crippen LogP) is 3.20. The van der Waals surface area contributed by atoms with E-state index in [1.165, 1.54) is 5.56 Å². The molecule has 2 atom stereocenters. The van der Waals surface area contributed by atoms with E-state index in [-0.39, 0.29) is 11.8 Å². The van der Waals surface area contributed by atoms with Gasteiger partial charge in [-0.05, 0) is 30.0 Å². The van der Waals surface area contributed by atoms with E-state index in [4.69, 9.17) is 11.6 Å². The summed E-state index contributed by atoms with van der Waals surface area (Å²) >= 11 is 6.06. The van der Waals surface area contributed by atoms with Crippen molar-refractivity contribution in [3.8, 4) is 0 Å². The Bertz CT molecular complexity index is 785. The molecule has 126 valence electrons. The van der Waals surface area contributed by atoms with E-state index in [0.29, 0.717) is 18.4 Å². The van der Waals surface area contributed by atoms with Gasteiger partial charge in [0.15, 0.2) is 5.82 Å². The zero-order valence-corrected chi connectivity index (χ0v) is 14.7. The van der Waals surface area contributed by atoms with Gasteiger partial charge in [-0.2, -0.15) is 0 Å². The summed E-state index contributed by atoms with van der Waals surface area (Å²) < 4.78 is 2.16.